The Labute approximate surface area is 106 Å². The summed E-state index contributed by atoms with van der Waals surface area (Å²) < 4.78 is 0. The number of halogens is 1. The number of nitrogens with one attached hydrogen (secondary N) is 1. The standard InChI is InChI=1S/C12H17ClN2O2/c1-9(2)4-3-7-14-11-8-10(13)5-6-12(11)15(16)17/h5-6,8-9,14H,3-4,7H2,1-2H3. The van der Waals surface area contributed by atoms with E-state index in [1.807, 2.05) is 0 Å². The van der Waals surface area contributed by atoms with Crippen molar-refractivity contribution in [3.05, 3.63) is 33.3 Å². The first-order chi connectivity index (χ1) is 8.00. The van der Waals surface area contributed by atoms with Gasteiger partial charge in [0.05, 0.1) is 4.92 Å². The van der Waals surface area contributed by atoms with Gasteiger partial charge in [0.25, 0.3) is 5.69 Å². The van der Waals surface area contributed by atoms with Crippen LogP contribution >= 0.6 is 11.6 Å². The first-order valence-corrected chi connectivity index (χ1v) is 6.06. The highest BCUT2D eigenvalue weighted by atomic mass is 35.5. The predicted octanol–water partition coefficient (Wildman–Crippen LogP) is 4.10. The lowest BCUT2D eigenvalue weighted by Gasteiger charge is -2.08. The first kappa shape index (κ1) is 13.8. The molecule has 1 rings (SSSR count). The predicted molar refractivity (Wildman–Crippen MR) is 70.7 cm³/mol. The van der Waals surface area contributed by atoms with Gasteiger partial charge in [-0.2, -0.15) is 0 Å². The lowest BCUT2D eigenvalue weighted by molar-refractivity contribution is -0.384. The third kappa shape index (κ3) is 4.61. The molecule has 0 saturated heterocycles. The summed E-state index contributed by atoms with van der Waals surface area (Å²) in [5.74, 6) is 0.645. The molecule has 1 aromatic rings. The molecule has 0 amide bonds. The number of hydrogen-bond acceptors (Lipinski definition) is 3. The molecular formula is C12H17ClN2O2. The molecule has 1 aromatic carbocycles. The molecule has 0 saturated carbocycles. The SMILES string of the molecule is CC(C)CCCNc1cc(Cl)ccc1[N+](=O)[O-]. The Kier molecular flexibility index (Phi) is 5.22. The maximum atomic E-state index is 10.8. The number of nitrogens with zero attached hydrogens (tertiary/aromatic N) is 1. The van der Waals surface area contributed by atoms with E-state index in [-0.39, 0.29) is 5.69 Å². The summed E-state index contributed by atoms with van der Waals surface area (Å²) in [6, 6.07) is 4.54. The van der Waals surface area contributed by atoms with Crippen molar-refractivity contribution in [1.82, 2.24) is 0 Å². The van der Waals surface area contributed by atoms with E-state index in [9.17, 15) is 10.1 Å². The summed E-state index contributed by atoms with van der Waals surface area (Å²) in [6.45, 7) is 5.03. The molecule has 0 aliphatic rings. The number of benzene rings is 1. The number of nitro benzene ring substituents is 1. The van der Waals surface area contributed by atoms with Gasteiger partial charge in [-0.15, -0.1) is 0 Å². The van der Waals surface area contributed by atoms with Crippen molar-refractivity contribution < 1.29 is 4.92 Å². The normalized spacial score (nSPS) is 10.6. The largest absolute Gasteiger partial charge is 0.379 e. The third-order valence-electron chi connectivity index (χ3n) is 2.43. The molecule has 0 atom stereocenters. The van der Waals surface area contributed by atoms with E-state index in [4.69, 9.17) is 11.6 Å². The van der Waals surface area contributed by atoms with E-state index in [1.165, 1.54) is 12.1 Å². The molecule has 0 spiro atoms. The van der Waals surface area contributed by atoms with Crippen LogP contribution in [0.2, 0.25) is 5.02 Å². The molecule has 94 valence electrons. The fourth-order valence-electron chi connectivity index (χ4n) is 1.54. The van der Waals surface area contributed by atoms with Gasteiger partial charge in [0.1, 0.15) is 5.69 Å². The number of anilines is 1. The van der Waals surface area contributed by atoms with E-state index < -0.39 is 4.92 Å². The molecule has 5 heteroatoms. The van der Waals surface area contributed by atoms with Gasteiger partial charge in [0, 0.05) is 17.6 Å². The maximum absolute atomic E-state index is 10.8. The van der Waals surface area contributed by atoms with Crippen LogP contribution in [0, 0.1) is 16.0 Å². The van der Waals surface area contributed by atoms with Crippen LogP contribution in [0.5, 0.6) is 0 Å². The molecule has 1 N–H and O–H groups in total. The second kappa shape index (κ2) is 6.45. The van der Waals surface area contributed by atoms with Gasteiger partial charge in [0.15, 0.2) is 0 Å². The van der Waals surface area contributed by atoms with Crippen molar-refractivity contribution >= 4 is 23.0 Å². The Morgan fingerprint density at radius 3 is 2.76 bits per heavy atom. The monoisotopic (exact) mass is 256 g/mol. The smallest absolute Gasteiger partial charge is 0.292 e. The van der Waals surface area contributed by atoms with Crippen molar-refractivity contribution in [2.24, 2.45) is 5.92 Å². The zero-order valence-electron chi connectivity index (χ0n) is 10.1. The lowest BCUT2D eigenvalue weighted by Crippen LogP contribution is -2.05. The second-order valence-corrected chi connectivity index (χ2v) is 4.82. The van der Waals surface area contributed by atoms with Crippen LogP contribution < -0.4 is 5.32 Å². The Balaban J connectivity index is 2.62. The number of rotatable bonds is 6. The van der Waals surface area contributed by atoms with Crippen LogP contribution in [0.1, 0.15) is 26.7 Å². The quantitative estimate of drug-likeness (QED) is 0.474. The maximum Gasteiger partial charge on any atom is 0.292 e. The fraction of sp³-hybridized carbons (Fsp3) is 0.500. The van der Waals surface area contributed by atoms with Crippen LogP contribution in [-0.2, 0) is 0 Å². The zero-order chi connectivity index (χ0) is 12.8. The molecule has 0 aliphatic carbocycles. The van der Waals surface area contributed by atoms with Crippen molar-refractivity contribution in [3.8, 4) is 0 Å². The molecule has 0 fully saturated rings. The highest BCUT2D eigenvalue weighted by Crippen LogP contribution is 2.27. The van der Waals surface area contributed by atoms with E-state index in [2.05, 4.69) is 19.2 Å². The summed E-state index contributed by atoms with van der Waals surface area (Å²) in [4.78, 5) is 10.4. The van der Waals surface area contributed by atoms with Crippen LogP contribution in [0.4, 0.5) is 11.4 Å². The fourth-order valence-corrected chi connectivity index (χ4v) is 1.71. The lowest BCUT2D eigenvalue weighted by atomic mass is 10.1. The van der Waals surface area contributed by atoms with Crippen molar-refractivity contribution in [2.45, 2.75) is 26.7 Å². The average Bonchev–Trinajstić information content (AvgIpc) is 2.23. The minimum atomic E-state index is -0.402. The molecule has 0 unspecified atom stereocenters. The van der Waals surface area contributed by atoms with Crippen molar-refractivity contribution in [1.29, 1.82) is 0 Å². The third-order valence-corrected chi connectivity index (χ3v) is 2.66. The molecule has 4 nitrogen and oxygen atoms in total. The summed E-state index contributed by atoms with van der Waals surface area (Å²) in [5, 5.41) is 14.4. The minimum Gasteiger partial charge on any atom is -0.379 e. The first-order valence-electron chi connectivity index (χ1n) is 5.68. The highest BCUT2D eigenvalue weighted by molar-refractivity contribution is 6.31. The van der Waals surface area contributed by atoms with Gasteiger partial charge in [-0.25, -0.2) is 0 Å². The Bertz CT molecular complexity index is 394. The van der Waals surface area contributed by atoms with E-state index >= 15 is 0 Å². The molecular weight excluding hydrogens is 240 g/mol. The molecule has 17 heavy (non-hydrogen) atoms. The van der Waals surface area contributed by atoms with Gasteiger partial charge in [-0.05, 0) is 30.9 Å². The summed E-state index contributed by atoms with van der Waals surface area (Å²) in [7, 11) is 0. The summed E-state index contributed by atoms with van der Waals surface area (Å²) in [5.41, 5.74) is 0.560. The van der Waals surface area contributed by atoms with E-state index in [0.29, 0.717) is 16.6 Å². The Morgan fingerprint density at radius 1 is 1.47 bits per heavy atom. The van der Waals surface area contributed by atoms with Crippen LogP contribution in [0.3, 0.4) is 0 Å². The van der Waals surface area contributed by atoms with Gasteiger partial charge in [-0.3, -0.25) is 10.1 Å². The van der Waals surface area contributed by atoms with Crippen molar-refractivity contribution in [2.75, 3.05) is 11.9 Å². The summed E-state index contributed by atoms with van der Waals surface area (Å²) >= 11 is 5.82. The van der Waals surface area contributed by atoms with Gasteiger partial charge >= 0.3 is 0 Å². The van der Waals surface area contributed by atoms with Gasteiger partial charge in [0.2, 0.25) is 0 Å². The summed E-state index contributed by atoms with van der Waals surface area (Å²) in [6.07, 6.45) is 2.09. The second-order valence-electron chi connectivity index (χ2n) is 4.38. The van der Waals surface area contributed by atoms with Crippen molar-refractivity contribution in [3.63, 3.8) is 0 Å². The van der Waals surface area contributed by atoms with Crippen LogP contribution in [0.15, 0.2) is 18.2 Å². The van der Waals surface area contributed by atoms with Gasteiger partial charge < -0.3 is 5.32 Å². The highest BCUT2D eigenvalue weighted by Gasteiger charge is 2.13. The molecule has 0 bridgehead atoms. The number of hydrogen-bond donors (Lipinski definition) is 1. The topological polar surface area (TPSA) is 55.2 Å². The molecule has 0 aromatic heterocycles. The zero-order valence-corrected chi connectivity index (χ0v) is 10.8. The molecule has 0 heterocycles. The minimum absolute atomic E-state index is 0.0685. The van der Waals surface area contributed by atoms with Crippen LogP contribution in [-0.4, -0.2) is 11.5 Å². The molecule has 0 radical (unpaired) electrons. The van der Waals surface area contributed by atoms with Crippen LogP contribution in [0.25, 0.3) is 0 Å². The Hall–Kier alpha value is -1.29. The number of nitro groups is 1. The Morgan fingerprint density at radius 2 is 2.18 bits per heavy atom. The average molecular weight is 257 g/mol. The molecule has 0 aliphatic heterocycles. The van der Waals surface area contributed by atoms with Gasteiger partial charge in [-0.1, -0.05) is 25.4 Å². The van der Waals surface area contributed by atoms with E-state index in [1.54, 1.807) is 6.07 Å². The van der Waals surface area contributed by atoms with E-state index in [0.717, 1.165) is 19.4 Å².